The Bertz CT molecular complexity index is 487. The highest BCUT2D eigenvalue weighted by molar-refractivity contribution is 7.11. The van der Waals surface area contributed by atoms with Gasteiger partial charge in [0.25, 0.3) is 0 Å². The van der Waals surface area contributed by atoms with Gasteiger partial charge in [-0.2, -0.15) is 0 Å². The predicted octanol–water partition coefficient (Wildman–Crippen LogP) is 3.71. The van der Waals surface area contributed by atoms with Crippen molar-refractivity contribution in [3.8, 4) is 0 Å². The van der Waals surface area contributed by atoms with E-state index in [-0.39, 0.29) is 0 Å². The van der Waals surface area contributed by atoms with E-state index in [2.05, 4.69) is 47.8 Å². The zero-order valence-electron chi connectivity index (χ0n) is 11.3. The van der Waals surface area contributed by atoms with Gasteiger partial charge in [-0.1, -0.05) is 6.92 Å². The van der Waals surface area contributed by atoms with Crippen molar-refractivity contribution in [2.45, 2.75) is 46.2 Å². The molecule has 1 unspecified atom stereocenters. The van der Waals surface area contributed by atoms with Gasteiger partial charge in [-0.15, -0.1) is 11.3 Å². The predicted molar refractivity (Wildman–Crippen MR) is 78.4 cm³/mol. The maximum absolute atomic E-state index is 4.38. The van der Waals surface area contributed by atoms with Crippen LogP contribution in [0.25, 0.3) is 0 Å². The molecule has 2 rings (SSSR count). The van der Waals surface area contributed by atoms with Crippen molar-refractivity contribution >= 4 is 17.3 Å². The lowest BCUT2D eigenvalue weighted by Crippen LogP contribution is -2.20. The standard InChI is InChI=1S/C14H21N3S/c1-4-8-17-9-7-15-14(17)16-11(2)10-13-6-5-12(3)18-13/h5-7,9,11H,4,8,10H2,1-3H3,(H,15,16). The van der Waals surface area contributed by atoms with Crippen molar-refractivity contribution in [2.75, 3.05) is 5.32 Å². The van der Waals surface area contributed by atoms with Crippen LogP contribution >= 0.6 is 11.3 Å². The number of aromatic nitrogens is 2. The lowest BCUT2D eigenvalue weighted by Gasteiger charge is -2.15. The summed E-state index contributed by atoms with van der Waals surface area (Å²) in [4.78, 5) is 7.19. The minimum Gasteiger partial charge on any atom is -0.353 e. The molecule has 2 aromatic heterocycles. The van der Waals surface area contributed by atoms with Crippen LogP contribution < -0.4 is 5.32 Å². The van der Waals surface area contributed by atoms with Gasteiger partial charge in [0.2, 0.25) is 5.95 Å². The third-order valence-corrected chi connectivity index (χ3v) is 3.88. The Hall–Kier alpha value is -1.29. The van der Waals surface area contributed by atoms with Crippen LogP contribution in [-0.2, 0) is 13.0 Å². The van der Waals surface area contributed by atoms with Crippen LogP contribution in [0.15, 0.2) is 24.5 Å². The summed E-state index contributed by atoms with van der Waals surface area (Å²) >= 11 is 1.88. The molecule has 0 aliphatic rings. The molecule has 18 heavy (non-hydrogen) atoms. The molecule has 0 saturated heterocycles. The van der Waals surface area contributed by atoms with E-state index in [4.69, 9.17) is 0 Å². The van der Waals surface area contributed by atoms with Crippen LogP contribution in [0.5, 0.6) is 0 Å². The fourth-order valence-electron chi connectivity index (χ4n) is 2.04. The summed E-state index contributed by atoms with van der Waals surface area (Å²) in [5.41, 5.74) is 0. The maximum Gasteiger partial charge on any atom is 0.202 e. The summed E-state index contributed by atoms with van der Waals surface area (Å²) in [6.07, 6.45) is 6.08. The largest absolute Gasteiger partial charge is 0.353 e. The highest BCUT2D eigenvalue weighted by Crippen LogP contribution is 2.18. The summed E-state index contributed by atoms with van der Waals surface area (Å²) in [6, 6.07) is 4.81. The van der Waals surface area contributed by atoms with E-state index in [1.807, 2.05) is 23.7 Å². The van der Waals surface area contributed by atoms with Crippen LogP contribution in [0.3, 0.4) is 0 Å². The molecule has 2 heterocycles. The van der Waals surface area contributed by atoms with E-state index >= 15 is 0 Å². The van der Waals surface area contributed by atoms with E-state index in [0.717, 1.165) is 25.3 Å². The van der Waals surface area contributed by atoms with Crippen molar-refractivity contribution in [1.82, 2.24) is 9.55 Å². The van der Waals surface area contributed by atoms with Crippen LogP contribution in [-0.4, -0.2) is 15.6 Å². The first-order chi connectivity index (χ1) is 8.69. The second-order valence-electron chi connectivity index (χ2n) is 4.71. The van der Waals surface area contributed by atoms with Gasteiger partial charge in [0.15, 0.2) is 0 Å². The van der Waals surface area contributed by atoms with Crippen LogP contribution in [0, 0.1) is 6.92 Å². The molecule has 1 N–H and O–H groups in total. The van der Waals surface area contributed by atoms with Gasteiger partial charge in [0.1, 0.15) is 0 Å². The molecule has 0 aliphatic heterocycles. The number of aryl methyl sites for hydroxylation is 2. The van der Waals surface area contributed by atoms with E-state index < -0.39 is 0 Å². The molecule has 0 radical (unpaired) electrons. The van der Waals surface area contributed by atoms with E-state index in [1.165, 1.54) is 9.75 Å². The number of hydrogen-bond donors (Lipinski definition) is 1. The monoisotopic (exact) mass is 263 g/mol. The number of thiophene rings is 1. The number of imidazole rings is 1. The van der Waals surface area contributed by atoms with Gasteiger partial charge in [-0.3, -0.25) is 0 Å². The molecule has 0 aromatic carbocycles. The molecule has 3 nitrogen and oxygen atoms in total. The molecule has 1 atom stereocenters. The highest BCUT2D eigenvalue weighted by atomic mass is 32.1. The first-order valence-corrected chi connectivity index (χ1v) is 7.33. The molecular weight excluding hydrogens is 242 g/mol. The van der Waals surface area contributed by atoms with E-state index in [9.17, 15) is 0 Å². The molecule has 0 saturated carbocycles. The Morgan fingerprint density at radius 2 is 2.28 bits per heavy atom. The minimum atomic E-state index is 0.404. The molecule has 98 valence electrons. The van der Waals surface area contributed by atoms with Gasteiger partial charge in [0.05, 0.1) is 0 Å². The van der Waals surface area contributed by atoms with Gasteiger partial charge in [0, 0.05) is 41.2 Å². The first-order valence-electron chi connectivity index (χ1n) is 6.52. The zero-order chi connectivity index (χ0) is 13.0. The fourth-order valence-corrected chi connectivity index (χ4v) is 3.06. The summed E-state index contributed by atoms with van der Waals surface area (Å²) < 4.78 is 2.18. The number of rotatable bonds is 6. The molecular formula is C14H21N3S. The van der Waals surface area contributed by atoms with Gasteiger partial charge >= 0.3 is 0 Å². The highest BCUT2D eigenvalue weighted by Gasteiger charge is 2.08. The van der Waals surface area contributed by atoms with Crippen LogP contribution in [0.2, 0.25) is 0 Å². The summed E-state index contributed by atoms with van der Waals surface area (Å²) in [5, 5.41) is 3.49. The third-order valence-electron chi connectivity index (χ3n) is 2.86. The first kappa shape index (κ1) is 13.1. The number of nitrogens with zero attached hydrogens (tertiary/aromatic N) is 2. The quantitative estimate of drug-likeness (QED) is 0.861. The Kier molecular flexibility index (Phi) is 4.42. The molecule has 2 aromatic rings. The molecule has 0 bridgehead atoms. The number of anilines is 1. The number of nitrogens with one attached hydrogen (secondary N) is 1. The lowest BCUT2D eigenvalue weighted by atomic mass is 10.2. The molecule has 4 heteroatoms. The lowest BCUT2D eigenvalue weighted by molar-refractivity contribution is 0.669. The smallest absolute Gasteiger partial charge is 0.202 e. The Labute approximate surface area is 113 Å². The summed E-state index contributed by atoms with van der Waals surface area (Å²) in [7, 11) is 0. The normalized spacial score (nSPS) is 12.6. The van der Waals surface area contributed by atoms with Gasteiger partial charge in [-0.05, 0) is 32.4 Å². The average Bonchev–Trinajstić information content (AvgIpc) is 2.90. The Morgan fingerprint density at radius 1 is 1.44 bits per heavy atom. The fraction of sp³-hybridized carbons (Fsp3) is 0.500. The molecule has 0 spiro atoms. The molecule has 0 aliphatic carbocycles. The second kappa shape index (κ2) is 6.05. The van der Waals surface area contributed by atoms with Gasteiger partial charge < -0.3 is 9.88 Å². The minimum absolute atomic E-state index is 0.404. The topological polar surface area (TPSA) is 29.9 Å². The SMILES string of the molecule is CCCn1ccnc1NC(C)Cc1ccc(C)s1. The molecule has 0 amide bonds. The van der Waals surface area contributed by atoms with Crippen molar-refractivity contribution < 1.29 is 0 Å². The van der Waals surface area contributed by atoms with E-state index in [0.29, 0.717) is 6.04 Å². The van der Waals surface area contributed by atoms with Crippen molar-refractivity contribution in [2.24, 2.45) is 0 Å². The van der Waals surface area contributed by atoms with Crippen LogP contribution in [0.1, 0.15) is 30.0 Å². The van der Waals surface area contributed by atoms with E-state index in [1.54, 1.807) is 0 Å². The average molecular weight is 263 g/mol. The summed E-state index contributed by atoms with van der Waals surface area (Å²) in [5.74, 6) is 0.984. The van der Waals surface area contributed by atoms with Crippen LogP contribution in [0.4, 0.5) is 5.95 Å². The van der Waals surface area contributed by atoms with Crippen molar-refractivity contribution in [3.05, 3.63) is 34.3 Å². The van der Waals surface area contributed by atoms with Gasteiger partial charge in [-0.25, -0.2) is 4.98 Å². The molecule has 0 fully saturated rings. The summed E-state index contributed by atoms with van der Waals surface area (Å²) in [6.45, 7) is 7.56. The number of hydrogen-bond acceptors (Lipinski definition) is 3. The zero-order valence-corrected chi connectivity index (χ0v) is 12.1. The third kappa shape index (κ3) is 3.35. The maximum atomic E-state index is 4.38. The second-order valence-corrected chi connectivity index (χ2v) is 6.08. The van der Waals surface area contributed by atoms with Crippen molar-refractivity contribution in [1.29, 1.82) is 0 Å². The Balaban J connectivity index is 1.94. The Morgan fingerprint density at radius 3 is 2.94 bits per heavy atom. The van der Waals surface area contributed by atoms with Crippen molar-refractivity contribution in [3.63, 3.8) is 0 Å².